The van der Waals surface area contributed by atoms with Gasteiger partial charge in [0.25, 0.3) is 5.24 Å². The van der Waals surface area contributed by atoms with E-state index in [4.69, 9.17) is 0 Å². The molecule has 1 amide bonds. The number of thiol groups is 1. The molecule has 14 heavy (non-hydrogen) atoms. The fourth-order valence-electron chi connectivity index (χ4n) is 1.37. The average molecular weight is 209 g/mol. The van der Waals surface area contributed by atoms with Crippen molar-refractivity contribution in [3.8, 4) is 0 Å². The molecular weight excluding hydrogens is 194 g/mol. The minimum absolute atomic E-state index is 0.268. The Kier molecular flexibility index (Phi) is 4.01. The number of amides is 1. The molecule has 0 aromatic heterocycles. The quantitative estimate of drug-likeness (QED) is 0.736. The maximum absolute atomic E-state index is 10.5. The summed E-state index contributed by atoms with van der Waals surface area (Å²) in [5.74, 6) is 0. The van der Waals surface area contributed by atoms with E-state index in [1.807, 2.05) is 0 Å². The zero-order chi connectivity index (χ0) is 10.6. The van der Waals surface area contributed by atoms with Crippen LogP contribution in [-0.2, 0) is 6.42 Å². The van der Waals surface area contributed by atoms with Gasteiger partial charge in [-0.2, -0.15) is 0 Å². The fraction of sp³-hybridized carbons (Fsp3) is 0.364. The molecule has 0 aliphatic heterocycles. The number of aryl methyl sites for hydroxylation is 2. The van der Waals surface area contributed by atoms with E-state index >= 15 is 0 Å². The van der Waals surface area contributed by atoms with Gasteiger partial charge in [0.05, 0.1) is 0 Å². The summed E-state index contributed by atoms with van der Waals surface area (Å²) < 4.78 is 0. The molecule has 0 bridgehead atoms. The van der Waals surface area contributed by atoms with Gasteiger partial charge in [-0.15, -0.1) is 0 Å². The second-order valence-electron chi connectivity index (χ2n) is 3.41. The van der Waals surface area contributed by atoms with Crippen LogP contribution < -0.4 is 5.32 Å². The lowest BCUT2D eigenvalue weighted by Crippen LogP contribution is -2.19. The molecule has 0 saturated carbocycles. The first-order valence-electron chi connectivity index (χ1n) is 4.62. The van der Waals surface area contributed by atoms with E-state index in [0.29, 0.717) is 6.54 Å². The number of hydrogen-bond acceptors (Lipinski definition) is 1. The lowest BCUT2D eigenvalue weighted by Gasteiger charge is -2.06. The first kappa shape index (κ1) is 11.1. The maximum atomic E-state index is 10.5. The standard InChI is InChI=1S/C11H15NOS/c1-8-3-4-9(2)10(7-8)5-6-12-11(13)14/h3-4,7H,5-6H2,1-2H3,(H2,12,13,14). The van der Waals surface area contributed by atoms with Crippen molar-refractivity contribution < 1.29 is 4.79 Å². The highest BCUT2D eigenvalue weighted by Gasteiger charge is 1.99. The van der Waals surface area contributed by atoms with Gasteiger partial charge in [-0.3, -0.25) is 4.79 Å². The largest absolute Gasteiger partial charge is 0.347 e. The highest BCUT2D eigenvalue weighted by Crippen LogP contribution is 2.10. The Morgan fingerprint density at radius 2 is 2.14 bits per heavy atom. The van der Waals surface area contributed by atoms with Gasteiger partial charge in [0.15, 0.2) is 0 Å². The van der Waals surface area contributed by atoms with Crippen molar-refractivity contribution >= 4 is 17.9 Å². The van der Waals surface area contributed by atoms with E-state index in [0.717, 1.165) is 6.42 Å². The van der Waals surface area contributed by atoms with E-state index in [1.54, 1.807) is 0 Å². The smallest absolute Gasteiger partial charge is 0.275 e. The minimum atomic E-state index is -0.268. The maximum Gasteiger partial charge on any atom is 0.275 e. The summed E-state index contributed by atoms with van der Waals surface area (Å²) in [5.41, 5.74) is 3.80. The minimum Gasteiger partial charge on any atom is -0.347 e. The lowest BCUT2D eigenvalue weighted by molar-refractivity contribution is 0.261. The molecule has 0 fully saturated rings. The number of benzene rings is 1. The molecule has 3 heteroatoms. The van der Waals surface area contributed by atoms with Gasteiger partial charge in [0.1, 0.15) is 0 Å². The lowest BCUT2D eigenvalue weighted by atomic mass is 10.0. The molecule has 76 valence electrons. The molecule has 0 aliphatic rings. The summed E-state index contributed by atoms with van der Waals surface area (Å²) in [6, 6.07) is 6.35. The third kappa shape index (κ3) is 3.42. The predicted molar refractivity (Wildman–Crippen MR) is 62.0 cm³/mol. The summed E-state index contributed by atoms with van der Waals surface area (Å²) in [6.07, 6.45) is 0.861. The fourth-order valence-corrected chi connectivity index (χ4v) is 1.49. The van der Waals surface area contributed by atoms with Crippen LogP contribution >= 0.6 is 12.6 Å². The van der Waals surface area contributed by atoms with Crippen molar-refractivity contribution in [2.45, 2.75) is 20.3 Å². The van der Waals surface area contributed by atoms with Gasteiger partial charge >= 0.3 is 0 Å². The Morgan fingerprint density at radius 1 is 1.43 bits per heavy atom. The zero-order valence-electron chi connectivity index (χ0n) is 8.50. The van der Waals surface area contributed by atoms with Crippen molar-refractivity contribution in [2.75, 3.05) is 6.54 Å². The summed E-state index contributed by atoms with van der Waals surface area (Å²) in [4.78, 5) is 10.5. The number of carbonyl (C=O) groups excluding carboxylic acids is 1. The number of carbonyl (C=O) groups is 1. The van der Waals surface area contributed by atoms with E-state index in [9.17, 15) is 4.79 Å². The molecular formula is C11H15NOS. The van der Waals surface area contributed by atoms with Crippen LogP contribution in [0.3, 0.4) is 0 Å². The van der Waals surface area contributed by atoms with Crippen LogP contribution in [0.15, 0.2) is 18.2 Å². The molecule has 0 aliphatic carbocycles. The van der Waals surface area contributed by atoms with Crippen molar-refractivity contribution in [3.05, 3.63) is 34.9 Å². The number of rotatable bonds is 3. The first-order valence-corrected chi connectivity index (χ1v) is 5.07. The highest BCUT2D eigenvalue weighted by atomic mass is 32.1. The van der Waals surface area contributed by atoms with E-state index in [1.165, 1.54) is 16.7 Å². The normalized spacial score (nSPS) is 9.93. The van der Waals surface area contributed by atoms with Gasteiger partial charge < -0.3 is 5.32 Å². The molecule has 0 spiro atoms. The molecule has 1 aromatic carbocycles. The summed E-state index contributed by atoms with van der Waals surface area (Å²) in [5, 5.41) is 2.40. The zero-order valence-corrected chi connectivity index (χ0v) is 9.40. The van der Waals surface area contributed by atoms with Crippen molar-refractivity contribution in [1.29, 1.82) is 0 Å². The van der Waals surface area contributed by atoms with Crippen LogP contribution in [-0.4, -0.2) is 11.8 Å². The summed E-state index contributed by atoms with van der Waals surface area (Å²) >= 11 is 3.64. The monoisotopic (exact) mass is 209 g/mol. The molecule has 0 radical (unpaired) electrons. The van der Waals surface area contributed by atoms with E-state index < -0.39 is 0 Å². The van der Waals surface area contributed by atoms with Crippen molar-refractivity contribution in [1.82, 2.24) is 5.32 Å². The van der Waals surface area contributed by atoms with Gasteiger partial charge in [0.2, 0.25) is 0 Å². The first-order chi connectivity index (χ1) is 6.59. The Hall–Kier alpha value is -0.960. The second kappa shape index (κ2) is 5.05. The van der Waals surface area contributed by atoms with Crippen LogP contribution in [0, 0.1) is 13.8 Å². The Morgan fingerprint density at radius 3 is 2.79 bits per heavy atom. The molecule has 0 saturated heterocycles. The Balaban J connectivity index is 2.57. The molecule has 2 nitrogen and oxygen atoms in total. The van der Waals surface area contributed by atoms with Gasteiger partial charge in [-0.25, -0.2) is 0 Å². The summed E-state index contributed by atoms with van der Waals surface area (Å²) in [7, 11) is 0. The highest BCUT2D eigenvalue weighted by molar-refractivity contribution is 7.96. The van der Waals surface area contributed by atoms with Crippen LogP contribution in [0.1, 0.15) is 16.7 Å². The Labute approximate surface area is 90.1 Å². The SMILES string of the molecule is Cc1ccc(C)c(CCNC(=O)S)c1. The third-order valence-corrected chi connectivity index (χ3v) is 2.33. The average Bonchev–Trinajstić information content (AvgIpc) is 2.10. The van der Waals surface area contributed by atoms with Crippen LogP contribution in [0.4, 0.5) is 4.79 Å². The molecule has 0 heterocycles. The van der Waals surface area contributed by atoms with Crippen molar-refractivity contribution in [3.63, 3.8) is 0 Å². The van der Waals surface area contributed by atoms with Gasteiger partial charge in [0, 0.05) is 6.54 Å². The van der Waals surface area contributed by atoms with Crippen LogP contribution in [0.5, 0.6) is 0 Å². The Bertz CT molecular complexity index is 336. The molecule has 1 aromatic rings. The predicted octanol–water partition coefficient (Wildman–Crippen LogP) is 2.49. The third-order valence-electron chi connectivity index (χ3n) is 2.18. The molecule has 0 atom stereocenters. The van der Waals surface area contributed by atoms with Crippen LogP contribution in [0.25, 0.3) is 0 Å². The molecule has 0 unspecified atom stereocenters. The topological polar surface area (TPSA) is 29.1 Å². The van der Waals surface area contributed by atoms with Crippen LogP contribution in [0.2, 0.25) is 0 Å². The molecule has 1 N–H and O–H groups in total. The van der Waals surface area contributed by atoms with Gasteiger partial charge in [-0.1, -0.05) is 36.4 Å². The van der Waals surface area contributed by atoms with E-state index in [-0.39, 0.29) is 5.24 Å². The second-order valence-corrected chi connectivity index (χ2v) is 3.82. The van der Waals surface area contributed by atoms with Gasteiger partial charge in [-0.05, 0) is 31.4 Å². The van der Waals surface area contributed by atoms with E-state index in [2.05, 4.69) is 50.0 Å². The van der Waals surface area contributed by atoms with Crippen molar-refractivity contribution in [2.24, 2.45) is 0 Å². The number of nitrogens with one attached hydrogen (secondary N) is 1. The number of hydrogen-bond donors (Lipinski definition) is 2. The summed E-state index contributed by atoms with van der Waals surface area (Å²) in [6.45, 7) is 4.80. The molecule has 1 rings (SSSR count).